The van der Waals surface area contributed by atoms with Crippen LogP contribution in [0.4, 0.5) is 4.39 Å². The van der Waals surface area contributed by atoms with E-state index in [-0.39, 0.29) is 11.9 Å². The molecule has 0 radical (unpaired) electrons. The molecule has 0 bridgehead atoms. The van der Waals surface area contributed by atoms with Gasteiger partial charge in [-0.05, 0) is 24.1 Å². The maximum Gasteiger partial charge on any atom is 0.128 e. The Morgan fingerprint density at radius 2 is 1.78 bits per heavy atom. The van der Waals surface area contributed by atoms with Crippen LogP contribution in [-0.4, -0.2) is 0 Å². The summed E-state index contributed by atoms with van der Waals surface area (Å²) in [6.07, 6.45) is 0.624. The monoisotopic (exact) mass is 308 g/mol. The van der Waals surface area contributed by atoms with Gasteiger partial charge >= 0.3 is 0 Å². The molecule has 1 unspecified atom stereocenters. The van der Waals surface area contributed by atoms with E-state index < -0.39 is 0 Å². The average molecular weight is 309 g/mol. The number of hydrogen-bond acceptors (Lipinski definition) is 2. The number of hydrazine groups is 1. The van der Waals surface area contributed by atoms with E-state index in [1.807, 2.05) is 30.3 Å². The van der Waals surface area contributed by atoms with Crippen molar-refractivity contribution in [3.05, 3.63) is 69.9 Å². The van der Waals surface area contributed by atoms with Crippen molar-refractivity contribution in [2.75, 3.05) is 0 Å². The Morgan fingerprint density at radius 1 is 1.11 bits per heavy atom. The highest BCUT2D eigenvalue weighted by atomic mass is 79.9. The van der Waals surface area contributed by atoms with Crippen LogP contribution in [0.25, 0.3) is 0 Å². The van der Waals surface area contributed by atoms with Crippen LogP contribution in [-0.2, 0) is 6.42 Å². The second kappa shape index (κ2) is 6.09. The van der Waals surface area contributed by atoms with Crippen molar-refractivity contribution in [1.82, 2.24) is 5.43 Å². The van der Waals surface area contributed by atoms with Crippen LogP contribution in [0.15, 0.2) is 53.0 Å². The van der Waals surface area contributed by atoms with Gasteiger partial charge in [0.25, 0.3) is 0 Å². The van der Waals surface area contributed by atoms with Crippen molar-refractivity contribution >= 4 is 15.9 Å². The first-order valence-corrected chi connectivity index (χ1v) is 6.45. The van der Waals surface area contributed by atoms with Crippen molar-refractivity contribution in [1.29, 1.82) is 0 Å². The summed E-state index contributed by atoms with van der Waals surface area (Å²) in [4.78, 5) is 0. The molecule has 0 saturated heterocycles. The Hall–Kier alpha value is -1.23. The van der Waals surface area contributed by atoms with E-state index in [0.29, 0.717) is 12.0 Å². The van der Waals surface area contributed by atoms with Crippen LogP contribution < -0.4 is 11.3 Å². The van der Waals surface area contributed by atoms with Gasteiger partial charge in [-0.1, -0.05) is 52.3 Å². The number of rotatable bonds is 4. The van der Waals surface area contributed by atoms with Crippen LogP contribution in [0.1, 0.15) is 17.2 Å². The molecule has 1 atom stereocenters. The zero-order valence-electron chi connectivity index (χ0n) is 9.74. The lowest BCUT2D eigenvalue weighted by Gasteiger charge is -2.17. The quantitative estimate of drug-likeness (QED) is 0.671. The summed E-state index contributed by atoms with van der Waals surface area (Å²) in [6.45, 7) is 0. The van der Waals surface area contributed by atoms with Gasteiger partial charge in [-0.2, -0.15) is 0 Å². The van der Waals surface area contributed by atoms with Gasteiger partial charge < -0.3 is 0 Å². The highest BCUT2D eigenvalue weighted by Crippen LogP contribution is 2.24. The molecule has 0 fully saturated rings. The third kappa shape index (κ3) is 2.96. The molecule has 0 aliphatic carbocycles. The molecule has 0 aliphatic rings. The van der Waals surface area contributed by atoms with Gasteiger partial charge in [0.1, 0.15) is 5.82 Å². The molecular formula is C14H14BrFN2. The normalized spacial score (nSPS) is 12.4. The van der Waals surface area contributed by atoms with Crippen molar-refractivity contribution < 1.29 is 4.39 Å². The van der Waals surface area contributed by atoms with Gasteiger partial charge in [-0.25, -0.2) is 4.39 Å². The van der Waals surface area contributed by atoms with E-state index in [9.17, 15) is 4.39 Å². The van der Waals surface area contributed by atoms with Gasteiger partial charge in [-0.3, -0.25) is 11.3 Å². The first-order valence-electron chi connectivity index (χ1n) is 5.66. The first kappa shape index (κ1) is 13.2. The molecule has 2 aromatic carbocycles. The Morgan fingerprint density at radius 3 is 2.44 bits per heavy atom. The summed E-state index contributed by atoms with van der Waals surface area (Å²) in [5.41, 5.74) is 4.34. The molecule has 0 aromatic heterocycles. The van der Waals surface area contributed by atoms with Crippen molar-refractivity contribution in [2.45, 2.75) is 12.5 Å². The zero-order valence-corrected chi connectivity index (χ0v) is 11.3. The molecule has 4 heteroatoms. The molecular weight excluding hydrogens is 295 g/mol. The molecule has 0 saturated carbocycles. The highest BCUT2D eigenvalue weighted by Gasteiger charge is 2.15. The SMILES string of the molecule is NNC(Cc1ccccc1Br)c1ccccc1F. The molecule has 2 aromatic rings. The minimum Gasteiger partial charge on any atom is -0.271 e. The number of halogens is 2. The van der Waals surface area contributed by atoms with E-state index in [1.165, 1.54) is 6.07 Å². The summed E-state index contributed by atoms with van der Waals surface area (Å²) in [5.74, 6) is 5.30. The fourth-order valence-corrected chi connectivity index (χ4v) is 2.35. The van der Waals surface area contributed by atoms with Crippen LogP contribution in [0.3, 0.4) is 0 Å². The summed E-state index contributed by atoms with van der Waals surface area (Å²) < 4.78 is 14.7. The second-order valence-corrected chi connectivity index (χ2v) is 4.89. The van der Waals surface area contributed by atoms with Crippen molar-refractivity contribution in [2.24, 2.45) is 5.84 Å². The number of benzene rings is 2. The van der Waals surface area contributed by atoms with E-state index in [0.717, 1.165) is 10.0 Å². The predicted octanol–water partition coefficient (Wildman–Crippen LogP) is 3.34. The third-order valence-corrected chi connectivity index (χ3v) is 3.64. The Kier molecular flexibility index (Phi) is 4.47. The van der Waals surface area contributed by atoms with Gasteiger partial charge in [0, 0.05) is 10.0 Å². The Bertz CT molecular complexity index is 531. The van der Waals surface area contributed by atoms with Crippen molar-refractivity contribution in [3.8, 4) is 0 Å². The molecule has 0 amide bonds. The summed E-state index contributed by atoms with van der Waals surface area (Å²) >= 11 is 3.48. The largest absolute Gasteiger partial charge is 0.271 e. The maximum absolute atomic E-state index is 13.7. The lowest BCUT2D eigenvalue weighted by molar-refractivity contribution is 0.510. The second-order valence-electron chi connectivity index (χ2n) is 4.04. The molecule has 2 rings (SSSR count). The topological polar surface area (TPSA) is 38.0 Å². The van der Waals surface area contributed by atoms with Gasteiger partial charge in [0.2, 0.25) is 0 Å². The number of nitrogens with two attached hydrogens (primary N) is 1. The van der Waals surface area contributed by atoms with Gasteiger partial charge in [0.05, 0.1) is 6.04 Å². The minimum atomic E-state index is -0.245. The molecule has 0 aliphatic heterocycles. The Balaban J connectivity index is 2.26. The fraction of sp³-hybridized carbons (Fsp3) is 0.143. The van der Waals surface area contributed by atoms with E-state index in [2.05, 4.69) is 21.4 Å². The summed E-state index contributed by atoms with van der Waals surface area (Å²) in [5, 5.41) is 0. The molecule has 0 spiro atoms. The van der Waals surface area contributed by atoms with E-state index >= 15 is 0 Å². The Labute approximate surface area is 114 Å². The lowest BCUT2D eigenvalue weighted by Crippen LogP contribution is -2.30. The molecule has 18 heavy (non-hydrogen) atoms. The van der Waals surface area contributed by atoms with Crippen LogP contribution >= 0.6 is 15.9 Å². The number of nitrogens with one attached hydrogen (secondary N) is 1. The van der Waals surface area contributed by atoms with E-state index in [4.69, 9.17) is 5.84 Å². The van der Waals surface area contributed by atoms with Gasteiger partial charge in [-0.15, -0.1) is 0 Å². The predicted molar refractivity (Wildman–Crippen MR) is 74.3 cm³/mol. The highest BCUT2D eigenvalue weighted by molar-refractivity contribution is 9.10. The van der Waals surface area contributed by atoms with Crippen LogP contribution in [0.2, 0.25) is 0 Å². The molecule has 0 heterocycles. The summed E-state index contributed by atoms with van der Waals surface area (Å²) in [6, 6.07) is 14.3. The fourth-order valence-electron chi connectivity index (χ4n) is 1.90. The average Bonchev–Trinajstić information content (AvgIpc) is 2.39. The number of hydrogen-bond donors (Lipinski definition) is 2. The minimum absolute atomic E-state index is 0.243. The molecule has 2 nitrogen and oxygen atoms in total. The smallest absolute Gasteiger partial charge is 0.128 e. The van der Waals surface area contributed by atoms with Crippen molar-refractivity contribution in [3.63, 3.8) is 0 Å². The van der Waals surface area contributed by atoms with E-state index in [1.54, 1.807) is 12.1 Å². The standard InChI is InChI=1S/C14H14BrFN2/c15-12-7-3-1-5-10(12)9-14(18-17)11-6-2-4-8-13(11)16/h1-8,14,18H,9,17H2. The lowest BCUT2D eigenvalue weighted by atomic mass is 9.99. The summed E-state index contributed by atoms with van der Waals surface area (Å²) in [7, 11) is 0. The molecule has 3 N–H and O–H groups in total. The third-order valence-electron chi connectivity index (χ3n) is 2.86. The first-order chi connectivity index (χ1) is 8.72. The zero-order chi connectivity index (χ0) is 13.0. The van der Waals surface area contributed by atoms with Crippen LogP contribution in [0, 0.1) is 5.82 Å². The molecule has 94 valence electrons. The maximum atomic E-state index is 13.7. The van der Waals surface area contributed by atoms with Gasteiger partial charge in [0.15, 0.2) is 0 Å². The van der Waals surface area contributed by atoms with Crippen LogP contribution in [0.5, 0.6) is 0 Å².